The first-order chi connectivity index (χ1) is 11.2. The van der Waals surface area contributed by atoms with Gasteiger partial charge in [0.1, 0.15) is 0 Å². The molecule has 1 aliphatic rings. The molecule has 1 heterocycles. The molecule has 0 radical (unpaired) electrons. The number of rotatable bonds is 8. The topological polar surface area (TPSA) is 89.5 Å². The van der Waals surface area contributed by atoms with Gasteiger partial charge in [0.15, 0.2) is 19.7 Å². The van der Waals surface area contributed by atoms with E-state index in [1.54, 1.807) is 18.2 Å². The van der Waals surface area contributed by atoms with Crippen LogP contribution in [0.2, 0.25) is 0 Å². The number of sulfone groups is 2. The van der Waals surface area contributed by atoms with Gasteiger partial charge in [-0.1, -0.05) is 18.2 Å². The molecule has 1 aliphatic heterocycles. The van der Waals surface area contributed by atoms with Crippen molar-refractivity contribution in [2.75, 3.05) is 24.7 Å². The first-order valence-corrected chi connectivity index (χ1v) is 11.4. The molecule has 0 aliphatic carbocycles. The van der Waals surface area contributed by atoms with E-state index in [0.29, 0.717) is 19.6 Å². The molecule has 2 atom stereocenters. The van der Waals surface area contributed by atoms with Crippen LogP contribution in [-0.4, -0.2) is 58.9 Å². The lowest BCUT2D eigenvalue weighted by molar-refractivity contribution is 0.0768. The SMILES string of the molecule is CC(C)OCCCN[C@@H]1CS(=O)(=O)C[C@H]1S(=O)(=O)c1ccccc1. The highest BCUT2D eigenvalue weighted by atomic mass is 32.2. The van der Waals surface area contributed by atoms with Gasteiger partial charge in [-0.15, -0.1) is 0 Å². The van der Waals surface area contributed by atoms with Crippen LogP contribution in [0.5, 0.6) is 0 Å². The van der Waals surface area contributed by atoms with Gasteiger partial charge in [-0.2, -0.15) is 0 Å². The molecule has 1 aromatic carbocycles. The average molecular weight is 376 g/mol. The highest BCUT2D eigenvalue weighted by Crippen LogP contribution is 2.25. The number of hydrogen-bond donors (Lipinski definition) is 1. The van der Waals surface area contributed by atoms with Crippen LogP contribution in [0.3, 0.4) is 0 Å². The van der Waals surface area contributed by atoms with Gasteiger partial charge in [0.05, 0.1) is 27.8 Å². The molecule has 1 N–H and O–H groups in total. The van der Waals surface area contributed by atoms with Gasteiger partial charge in [0.2, 0.25) is 0 Å². The summed E-state index contributed by atoms with van der Waals surface area (Å²) in [6.07, 6.45) is 0.843. The Hall–Kier alpha value is -0.960. The molecule has 6 nitrogen and oxygen atoms in total. The van der Waals surface area contributed by atoms with E-state index in [9.17, 15) is 16.8 Å². The summed E-state index contributed by atoms with van der Waals surface area (Å²) in [6.45, 7) is 4.97. The van der Waals surface area contributed by atoms with Crippen molar-refractivity contribution in [2.24, 2.45) is 0 Å². The molecule has 136 valence electrons. The summed E-state index contributed by atoms with van der Waals surface area (Å²) < 4.78 is 55.0. The van der Waals surface area contributed by atoms with Crippen LogP contribution < -0.4 is 5.32 Å². The molecule has 1 aromatic rings. The van der Waals surface area contributed by atoms with Crippen LogP contribution in [-0.2, 0) is 24.4 Å². The van der Waals surface area contributed by atoms with E-state index in [4.69, 9.17) is 4.74 Å². The van der Waals surface area contributed by atoms with Crippen molar-refractivity contribution in [3.63, 3.8) is 0 Å². The van der Waals surface area contributed by atoms with E-state index in [-0.39, 0.29) is 22.5 Å². The maximum absolute atomic E-state index is 12.8. The molecule has 0 spiro atoms. The zero-order valence-corrected chi connectivity index (χ0v) is 15.6. The molecular formula is C16H25NO5S2. The van der Waals surface area contributed by atoms with Gasteiger partial charge in [0, 0.05) is 12.6 Å². The van der Waals surface area contributed by atoms with Crippen molar-refractivity contribution in [2.45, 2.75) is 42.6 Å². The van der Waals surface area contributed by atoms with Crippen molar-refractivity contribution in [1.29, 1.82) is 0 Å². The second-order valence-electron chi connectivity index (χ2n) is 6.31. The van der Waals surface area contributed by atoms with Crippen molar-refractivity contribution in [1.82, 2.24) is 5.32 Å². The fourth-order valence-corrected chi connectivity index (χ4v) is 7.51. The molecule has 0 unspecified atom stereocenters. The summed E-state index contributed by atoms with van der Waals surface area (Å²) in [7, 11) is -7.05. The molecule has 8 heteroatoms. The van der Waals surface area contributed by atoms with Crippen molar-refractivity contribution in [3.05, 3.63) is 30.3 Å². The third kappa shape index (κ3) is 5.02. The van der Waals surface area contributed by atoms with Crippen LogP contribution in [0.1, 0.15) is 20.3 Å². The van der Waals surface area contributed by atoms with Crippen LogP contribution >= 0.6 is 0 Å². The number of benzene rings is 1. The molecule has 24 heavy (non-hydrogen) atoms. The Morgan fingerprint density at radius 3 is 2.50 bits per heavy atom. The van der Waals surface area contributed by atoms with Gasteiger partial charge in [-0.05, 0) is 38.9 Å². The monoisotopic (exact) mass is 375 g/mol. The second-order valence-corrected chi connectivity index (χ2v) is 10.6. The zero-order chi connectivity index (χ0) is 17.8. The molecular weight excluding hydrogens is 350 g/mol. The highest BCUT2D eigenvalue weighted by molar-refractivity contribution is 7.96. The van der Waals surface area contributed by atoms with Crippen molar-refractivity contribution >= 4 is 19.7 Å². The Bertz CT molecular complexity index is 729. The Morgan fingerprint density at radius 1 is 1.21 bits per heavy atom. The number of ether oxygens (including phenoxy) is 1. The minimum atomic E-state index is -3.69. The molecule has 0 aromatic heterocycles. The largest absolute Gasteiger partial charge is 0.379 e. The van der Waals surface area contributed by atoms with Crippen molar-refractivity contribution in [3.8, 4) is 0 Å². The zero-order valence-electron chi connectivity index (χ0n) is 14.0. The first kappa shape index (κ1) is 19.4. The third-order valence-corrected chi connectivity index (χ3v) is 8.12. The van der Waals surface area contributed by atoms with Gasteiger partial charge in [0.25, 0.3) is 0 Å². The third-order valence-electron chi connectivity index (χ3n) is 3.95. The molecule has 2 rings (SSSR count). The van der Waals surface area contributed by atoms with E-state index in [1.165, 1.54) is 12.1 Å². The standard InChI is InChI=1S/C16H25NO5S2/c1-13(2)22-10-6-9-17-15-11-23(18,19)12-16(15)24(20,21)14-7-4-3-5-8-14/h3-5,7-8,13,15-17H,6,9-12H2,1-2H3/t15-,16-/m1/s1. The van der Waals surface area contributed by atoms with E-state index in [1.807, 2.05) is 13.8 Å². The summed E-state index contributed by atoms with van der Waals surface area (Å²) in [5.41, 5.74) is 0. The molecule has 1 saturated heterocycles. The predicted octanol–water partition coefficient (Wildman–Crippen LogP) is 1.03. The van der Waals surface area contributed by atoms with Crippen LogP contribution in [0.4, 0.5) is 0 Å². The lowest BCUT2D eigenvalue weighted by atomic mass is 10.2. The molecule has 1 fully saturated rings. The summed E-state index contributed by atoms with van der Waals surface area (Å²) >= 11 is 0. The fraction of sp³-hybridized carbons (Fsp3) is 0.625. The second kappa shape index (κ2) is 7.95. The van der Waals surface area contributed by atoms with Crippen LogP contribution in [0, 0.1) is 0 Å². The van der Waals surface area contributed by atoms with Crippen LogP contribution in [0.25, 0.3) is 0 Å². The Balaban J connectivity index is 2.06. The normalized spacial score (nSPS) is 23.6. The van der Waals surface area contributed by atoms with Gasteiger partial charge >= 0.3 is 0 Å². The maximum Gasteiger partial charge on any atom is 0.183 e. The van der Waals surface area contributed by atoms with Gasteiger partial charge in [-0.3, -0.25) is 0 Å². The molecule has 0 bridgehead atoms. The van der Waals surface area contributed by atoms with Gasteiger partial charge in [-0.25, -0.2) is 16.8 Å². The van der Waals surface area contributed by atoms with E-state index >= 15 is 0 Å². The maximum atomic E-state index is 12.8. The quantitative estimate of drug-likeness (QED) is 0.683. The van der Waals surface area contributed by atoms with Crippen LogP contribution in [0.15, 0.2) is 35.2 Å². The summed E-state index contributed by atoms with van der Waals surface area (Å²) in [4.78, 5) is 0.169. The number of nitrogens with one attached hydrogen (secondary N) is 1. The lowest BCUT2D eigenvalue weighted by Crippen LogP contribution is -2.43. The first-order valence-electron chi connectivity index (χ1n) is 8.07. The minimum Gasteiger partial charge on any atom is -0.379 e. The molecule has 0 amide bonds. The summed E-state index contributed by atoms with van der Waals surface area (Å²) in [5.74, 6) is -0.473. The van der Waals surface area contributed by atoms with E-state index in [0.717, 1.165) is 0 Å². The van der Waals surface area contributed by atoms with E-state index in [2.05, 4.69) is 5.32 Å². The Labute approximate surface area is 144 Å². The number of hydrogen-bond acceptors (Lipinski definition) is 6. The van der Waals surface area contributed by atoms with E-state index < -0.39 is 31.0 Å². The predicted molar refractivity (Wildman–Crippen MR) is 93.6 cm³/mol. The lowest BCUT2D eigenvalue weighted by Gasteiger charge is -2.20. The van der Waals surface area contributed by atoms with Crippen molar-refractivity contribution < 1.29 is 21.6 Å². The summed E-state index contributed by atoms with van der Waals surface area (Å²) in [5, 5.41) is 2.15. The summed E-state index contributed by atoms with van der Waals surface area (Å²) in [6, 6.07) is 7.44. The molecule has 0 saturated carbocycles. The smallest absolute Gasteiger partial charge is 0.183 e. The Morgan fingerprint density at radius 2 is 1.88 bits per heavy atom. The minimum absolute atomic E-state index is 0.142. The Kier molecular flexibility index (Phi) is 6.41. The average Bonchev–Trinajstić information content (AvgIpc) is 2.83. The highest BCUT2D eigenvalue weighted by Gasteiger charge is 2.45. The van der Waals surface area contributed by atoms with Gasteiger partial charge < -0.3 is 10.1 Å². The fourth-order valence-electron chi connectivity index (χ4n) is 2.78.